The summed E-state index contributed by atoms with van der Waals surface area (Å²) in [4.78, 5) is 26.2. The maximum absolute atomic E-state index is 13.1. The Morgan fingerprint density at radius 2 is 1.40 bits per heavy atom. The molecule has 0 saturated heterocycles. The Kier molecular flexibility index (Phi) is 11.6. The van der Waals surface area contributed by atoms with Gasteiger partial charge in [-0.15, -0.1) is 0 Å². The second kappa shape index (κ2) is 14.7. The smallest absolute Gasteiger partial charge is 0.310 e. The van der Waals surface area contributed by atoms with Crippen LogP contribution in [0.2, 0.25) is 0 Å². The molecule has 5 aliphatic rings. The number of unbranched alkanes of at least 4 members (excludes halogenated alkanes) is 10. The van der Waals surface area contributed by atoms with Gasteiger partial charge in [0.1, 0.15) is 6.10 Å². The van der Waals surface area contributed by atoms with E-state index in [0.717, 1.165) is 57.8 Å². The zero-order valence-electron chi connectivity index (χ0n) is 32.6. The monoisotopic (exact) mass is 667 g/mol. The minimum atomic E-state index is -0.584. The van der Waals surface area contributed by atoms with Gasteiger partial charge in [0.25, 0.3) is 0 Å². The number of allylic oxidation sites excluding steroid dienone is 2. The average Bonchev–Trinajstić information content (AvgIpc) is 3.03. The number of rotatable bonds is 14. The highest BCUT2D eigenvalue weighted by Crippen LogP contribution is 2.75. The molecule has 5 aliphatic carbocycles. The SMILES string of the molecule is CCCCCCCCCCCCCC(=O)O[C@H]1CC[C@]2(C)[C@H]3CC=C4[C@@H]5[C@@H](C)[C@H](C)CC[C@]5(C(=O)O)CC[C@@]4(C)[C@]3(C)CC[C@H]2C1(C)C. The van der Waals surface area contributed by atoms with Gasteiger partial charge < -0.3 is 9.84 Å². The summed E-state index contributed by atoms with van der Waals surface area (Å²) in [5, 5.41) is 10.7. The summed E-state index contributed by atoms with van der Waals surface area (Å²) in [6.45, 7) is 19.5. The average molecular weight is 667 g/mol. The van der Waals surface area contributed by atoms with Gasteiger partial charge in [0.15, 0.2) is 0 Å². The summed E-state index contributed by atoms with van der Waals surface area (Å²) in [6.07, 6.45) is 26.5. The van der Waals surface area contributed by atoms with Gasteiger partial charge in [0.2, 0.25) is 0 Å². The Labute approximate surface area is 295 Å². The van der Waals surface area contributed by atoms with Crippen LogP contribution in [0.15, 0.2) is 11.6 Å². The lowest BCUT2D eigenvalue weighted by molar-refractivity contribution is -0.214. The normalized spacial score (nSPS) is 41.6. The molecule has 48 heavy (non-hydrogen) atoms. The van der Waals surface area contributed by atoms with Crippen LogP contribution in [-0.4, -0.2) is 23.1 Å². The number of carbonyl (C=O) groups is 2. The van der Waals surface area contributed by atoms with Crippen LogP contribution in [0.3, 0.4) is 0 Å². The predicted molar refractivity (Wildman–Crippen MR) is 198 cm³/mol. The number of fused-ring (bicyclic) bond motifs is 7. The van der Waals surface area contributed by atoms with Crippen LogP contribution in [0.4, 0.5) is 0 Å². The Balaban J connectivity index is 1.21. The molecule has 0 radical (unpaired) electrons. The first-order valence-corrected chi connectivity index (χ1v) is 20.8. The zero-order chi connectivity index (χ0) is 35.0. The van der Waals surface area contributed by atoms with E-state index in [1.54, 1.807) is 0 Å². The lowest BCUT2D eigenvalue weighted by atomic mass is 9.33. The fourth-order valence-corrected chi connectivity index (χ4v) is 13.2. The molecule has 0 heterocycles. The Morgan fingerprint density at radius 1 is 0.771 bits per heavy atom. The molecule has 0 unspecified atom stereocenters. The number of aliphatic carboxylic acids is 1. The minimum Gasteiger partial charge on any atom is -0.481 e. The molecule has 0 aromatic carbocycles. The van der Waals surface area contributed by atoms with Gasteiger partial charge in [-0.1, -0.05) is 131 Å². The second-order valence-corrected chi connectivity index (χ2v) is 19.2. The fourth-order valence-electron chi connectivity index (χ4n) is 13.2. The van der Waals surface area contributed by atoms with Gasteiger partial charge in [-0.2, -0.15) is 0 Å². The van der Waals surface area contributed by atoms with E-state index in [1.807, 2.05) is 0 Å². The van der Waals surface area contributed by atoms with Gasteiger partial charge in [-0.3, -0.25) is 9.59 Å². The van der Waals surface area contributed by atoms with E-state index in [-0.39, 0.29) is 39.7 Å². The minimum absolute atomic E-state index is 0.000796. The van der Waals surface area contributed by atoms with E-state index < -0.39 is 11.4 Å². The number of carboxylic acids is 1. The molecule has 0 bridgehead atoms. The van der Waals surface area contributed by atoms with Crippen LogP contribution in [0.5, 0.6) is 0 Å². The highest BCUT2D eigenvalue weighted by Gasteiger charge is 2.69. The largest absolute Gasteiger partial charge is 0.481 e. The third-order valence-electron chi connectivity index (χ3n) is 16.6. The highest BCUT2D eigenvalue weighted by atomic mass is 16.5. The van der Waals surface area contributed by atoms with Crippen molar-refractivity contribution in [3.63, 3.8) is 0 Å². The van der Waals surface area contributed by atoms with Crippen molar-refractivity contribution in [2.75, 3.05) is 0 Å². The van der Waals surface area contributed by atoms with Crippen molar-refractivity contribution in [1.82, 2.24) is 0 Å². The molecule has 4 saturated carbocycles. The van der Waals surface area contributed by atoms with E-state index in [4.69, 9.17) is 4.74 Å². The summed E-state index contributed by atoms with van der Waals surface area (Å²) >= 11 is 0. The lowest BCUT2D eigenvalue weighted by Crippen LogP contribution is -2.65. The maximum Gasteiger partial charge on any atom is 0.310 e. The number of ether oxygens (including phenoxy) is 1. The van der Waals surface area contributed by atoms with Crippen molar-refractivity contribution in [3.05, 3.63) is 11.6 Å². The molecule has 0 aromatic heterocycles. The first-order valence-electron chi connectivity index (χ1n) is 20.8. The Morgan fingerprint density at radius 3 is 2.02 bits per heavy atom. The Bertz CT molecular complexity index is 1170. The topological polar surface area (TPSA) is 63.6 Å². The summed E-state index contributed by atoms with van der Waals surface area (Å²) in [5.74, 6) is 1.69. The van der Waals surface area contributed by atoms with Crippen LogP contribution in [0.1, 0.15) is 190 Å². The molecule has 0 aliphatic heterocycles. The van der Waals surface area contributed by atoms with Crippen molar-refractivity contribution in [1.29, 1.82) is 0 Å². The summed E-state index contributed by atoms with van der Waals surface area (Å²) < 4.78 is 6.37. The zero-order valence-corrected chi connectivity index (χ0v) is 32.6. The third-order valence-corrected chi connectivity index (χ3v) is 16.6. The molecule has 4 fully saturated rings. The van der Waals surface area contributed by atoms with Crippen molar-refractivity contribution >= 4 is 11.9 Å². The molecule has 5 rings (SSSR count). The van der Waals surface area contributed by atoms with Gasteiger partial charge in [-0.25, -0.2) is 0 Å². The highest BCUT2D eigenvalue weighted by molar-refractivity contribution is 5.76. The number of hydrogen-bond donors (Lipinski definition) is 1. The van der Waals surface area contributed by atoms with E-state index in [9.17, 15) is 14.7 Å². The molecule has 0 spiro atoms. The number of carbonyl (C=O) groups excluding carboxylic acids is 1. The number of hydrogen-bond acceptors (Lipinski definition) is 3. The van der Waals surface area contributed by atoms with E-state index in [1.165, 1.54) is 76.2 Å². The number of esters is 1. The summed E-state index contributed by atoms with van der Waals surface area (Å²) in [7, 11) is 0. The van der Waals surface area contributed by atoms with E-state index in [0.29, 0.717) is 30.1 Å². The van der Waals surface area contributed by atoms with Gasteiger partial charge in [0, 0.05) is 11.8 Å². The third kappa shape index (κ3) is 6.48. The molecule has 10 atom stereocenters. The lowest BCUT2D eigenvalue weighted by Gasteiger charge is -2.71. The predicted octanol–water partition coefficient (Wildman–Crippen LogP) is 12.3. The van der Waals surface area contributed by atoms with E-state index >= 15 is 0 Å². The van der Waals surface area contributed by atoms with Crippen molar-refractivity contribution < 1.29 is 19.4 Å². The quantitative estimate of drug-likeness (QED) is 0.114. The fraction of sp³-hybridized carbons (Fsp3) is 0.909. The number of carboxylic acid groups (broad SMARTS) is 1. The molecule has 274 valence electrons. The second-order valence-electron chi connectivity index (χ2n) is 19.2. The van der Waals surface area contributed by atoms with Crippen LogP contribution in [0, 0.1) is 56.7 Å². The van der Waals surface area contributed by atoms with Crippen LogP contribution >= 0.6 is 0 Å². The van der Waals surface area contributed by atoms with Crippen molar-refractivity contribution in [2.45, 2.75) is 196 Å². The first kappa shape index (κ1) is 37.9. The molecular weight excluding hydrogens is 592 g/mol. The van der Waals surface area contributed by atoms with Crippen molar-refractivity contribution in [2.24, 2.45) is 56.7 Å². The van der Waals surface area contributed by atoms with Crippen molar-refractivity contribution in [3.8, 4) is 0 Å². The maximum atomic E-state index is 13.1. The van der Waals surface area contributed by atoms with Crippen LogP contribution in [0.25, 0.3) is 0 Å². The Hall–Kier alpha value is -1.32. The standard InChI is InChI=1S/C44H74O4/c1-9-10-11-12-13-14-15-16-17-18-19-20-37(45)48-36-25-26-41(6)34(40(36,4)5)24-27-43(8)35(41)22-21-33-38-32(3)31(2)23-28-44(38,39(46)47)30-29-42(33,43)7/h21,31-32,34-36,38H,9-20,22-30H2,1-8H3,(H,46,47)/t31-,32+,34+,35-,36+,38+,41+,42-,43-,44+/m1/s1. The van der Waals surface area contributed by atoms with Crippen LogP contribution < -0.4 is 0 Å². The molecule has 4 nitrogen and oxygen atoms in total. The van der Waals surface area contributed by atoms with Crippen LogP contribution in [-0.2, 0) is 14.3 Å². The molecule has 0 amide bonds. The first-order chi connectivity index (χ1) is 22.7. The molecule has 0 aromatic rings. The molecule has 4 heteroatoms. The van der Waals surface area contributed by atoms with Gasteiger partial charge in [-0.05, 0) is 110 Å². The van der Waals surface area contributed by atoms with Gasteiger partial charge in [0.05, 0.1) is 5.41 Å². The molecule has 1 N–H and O–H groups in total. The summed E-state index contributed by atoms with van der Waals surface area (Å²) in [5.41, 5.74) is 1.26. The van der Waals surface area contributed by atoms with E-state index in [2.05, 4.69) is 61.5 Å². The molecular formula is C44H74O4. The summed E-state index contributed by atoms with van der Waals surface area (Å²) in [6, 6.07) is 0. The van der Waals surface area contributed by atoms with Gasteiger partial charge >= 0.3 is 11.9 Å².